The van der Waals surface area contributed by atoms with Crippen LogP contribution in [0, 0.1) is 0 Å². The van der Waals surface area contributed by atoms with Crippen LogP contribution in [0.5, 0.6) is 0 Å². The van der Waals surface area contributed by atoms with Crippen LogP contribution < -0.4 is 5.73 Å². The van der Waals surface area contributed by atoms with E-state index in [-0.39, 0.29) is 4.75 Å². The van der Waals surface area contributed by atoms with Crippen molar-refractivity contribution in [3.63, 3.8) is 0 Å². The monoisotopic (exact) mass is 343 g/mol. The summed E-state index contributed by atoms with van der Waals surface area (Å²) in [6, 6.07) is 19.8. The summed E-state index contributed by atoms with van der Waals surface area (Å²) in [4.78, 5) is 11.2. The van der Waals surface area contributed by atoms with E-state index in [0.29, 0.717) is 5.75 Å². The minimum atomic E-state index is -0.951. The van der Waals surface area contributed by atoms with Gasteiger partial charge < -0.3 is 10.8 Å². The molecule has 24 heavy (non-hydrogen) atoms. The SMILES string of the molecule is CCCCC(SC[C@H](N)C(=O)O)(c1ccccc1)c1ccccc1. The Morgan fingerprint density at radius 3 is 2.00 bits per heavy atom. The normalized spacial score (nSPS) is 12.8. The number of carboxylic acids is 1. The molecule has 0 fully saturated rings. The number of hydrogen-bond donors (Lipinski definition) is 2. The van der Waals surface area contributed by atoms with Crippen LogP contribution in [0.15, 0.2) is 60.7 Å². The average Bonchev–Trinajstić information content (AvgIpc) is 2.63. The standard InChI is InChI=1S/C20H25NO2S/c1-2-3-14-20(16-10-6-4-7-11-16,17-12-8-5-9-13-17)24-15-18(21)19(22)23/h4-13,18H,2-3,14-15,21H2,1H3,(H,22,23)/t18-/m0/s1. The van der Waals surface area contributed by atoms with Crippen LogP contribution in [0.1, 0.15) is 37.3 Å². The molecule has 2 aromatic carbocycles. The van der Waals surface area contributed by atoms with E-state index in [1.54, 1.807) is 11.8 Å². The van der Waals surface area contributed by atoms with Gasteiger partial charge in [0.2, 0.25) is 0 Å². The topological polar surface area (TPSA) is 63.3 Å². The molecule has 0 radical (unpaired) electrons. The molecule has 0 unspecified atom stereocenters. The number of hydrogen-bond acceptors (Lipinski definition) is 3. The largest absolute Gasteiger partial charge is 0.480 e. The van der Waals surface area contributed by atoms with Crippen molar-refractivity contribution in [2.24, 2.45) is 5.73 Å². The van der Waals surface area contributed by atoms with Gasteiger partial charge in [0.15, 0.2) is 0 Å². The third-order valence-electron chi connectivity index (χ3n) is 4.19. The van der Waals surface area contributed by atoms with Gasteiger partial charge in [-0.2, -0.15) is 0 Å². The van der Waals surface area contributed by atoms with Crippen molar-refractivity contribution in [3.05, 3.63) is 71.8 Å². The first-order valence-corrected chi connectivity index (χ1v) is 9.32. The molecule has 0 spiro atoms. The molecule has 0 amide bonds. The second kappa shape index (κ2) is 8.90. The predicted octanol–water partition coefficient (Wildman–Crippen LogP) is 4.27. The quantitative estimate of drug-likeness (QED) is 0.714. The molecular formula is C20H25NO2S. The van der Waals surface area contributed by atoms with Crippen LogP contribution in [0.2, 0.25) is 0 Å². The van der Waals surface area contributed by atoms with Gasteiger partial charge in [-0.15, -0.1) is 11.8 Å². The fourth-order valence-electron chi connectivity index (χ4n) is 2.84. The lowest BCUT2D eigenvalue weighted by atomic mass is 9.86. The molecule has 3 nitrogen and oxygen atoms in total. The van der Waals surface area contributed by atoms with Crippen LogP contribution in [-0.2, 0) is 9.54 Å². The smallest absolute Gasteiger partial charge is 0.321 e. The number of carboxylic acid groups (broad SMARTS) is 1. The molecule has 0 aliphatic rings. The molecule has 2 aromatic rings. The first-order valence-electron chi connectivity index (χ1n) is 8.33. The summed E-state index contributed by atoms with van der Waals surface area (Å²) in [6.07, 6.45) is 3.11. The Balaban J connectivity index is 2.45. The molecule has 0 heterocycles. The van der Waals surface area contributed by atoms with Crippen LogP contribution in [0.25, 0.3) is 0 Å². The zero-order chi connectivity index (χ0) is 17.4. The van der Waals surface area contributed by atoms with E-state index < -0.39 is 12.0 Å². The van der Waals surface area contributed by atoms with Crippen LogP contribution >= 0.6 is 11.8 Å². The molecule has 4 heteroatoms. The molecule has 128 valence electrons. The summed E-state index contributed by atoms with van der Waals surface area (Å²) < 4.78 is -0.272. The van der Waals surface area contributed by atoms with E-state index in [1.165, 1.54) is 11.1 Å². The van der Waals surface area contributed by atoms with Gasteiger partial charge in [-0.1, -0.05) is 80.4 Å². The van der Waals surface area contributed by atoms with Crippen LogP contribution in [0.3, 0.4) is 0 Å². The minimum absolute atomic E-state index is 0.272. The van der Waals surface area contributed by atoms with Crippen molar-refractivity contribution < 1.29 is 9.90 Å². The highest BCUT2D eigenvalue weighted by atomic mass is 32.2. The maximum Gasteiger partial charge on any atom is 0.321 e. The van der Waals surface area contributed by atoms with Crippen molar-refractivity contribution in [1.82, 2.24) is 0 Å². The third kappa shape index (κ3) is 4.40. The Hall–Kier alpha value is -1.78. The van der Waals surface area contributed by atoms with E-state index in [0.717, 1.165) is 19.3 Å². The van der Waals surface area contributed by atoms with Gasteiger partial charge in [0, 0.05) is 5.75 Å². The average molecular weight is 343 g/mol. The fraction of sp³-hybridized carbons (Fsp3) is 0.350. The second-order valence-electron chi connectivity index (χ2n) is 5.92. The lowest BCUT2D eigenvalue weighted by molar-refractivity contribution is -0.137. The Morgan fingerprint density at radius 1 is 1.08 bits per heavy atom. The molecule has 0 saturated heterocycles. The molecule has 1 atom stereocenters. The number of benzene rings is 2. The summed E-state index contributed by atoms with van der Waals surface area (Å²) in [6.45, 7) is 2.17. The number of aliphatic carboxylic acids is 1. The van der Waals surface area contributed by atoms with Crippen molar-refractivity contribution in [2.75, 3.05) is 5.75 Å². The minimum Gasteiger partial charge on any atom is -0.480 e. The Morgan fingerprint density at radius 2 is 1.58 bits per heavy atom. The lowest BCUT2D eigenvalue weighted by Crippen LogP contribution is -2.35. The van der Waals surface area contributed by atoms with E-state index in [9.17, 15) is 4.79 Å². The zero-order valence-corrected chi connectivity index (χ0v) is 14.8. The first kappa shape index (κ1) is 18.6. The summed E-state index contributed by atoms with van der Waals surface area (Å²) in [5, 5.41) is 9.16. The zero-order valence-electron chi connectivity index (χ0n) is 14.0. The Labute approximate surface area is 148 Å². The van der Waals surface area contributed by atoms with Gasteiger partial charge in [-0.25, -0.2) is 0 Å². The number of thioether (sulfide) groups is 1. The summed E-state index contributed by atoms with van der Waals surface area (Å²) >= 11 is 1.65. The van der Waals surface area contributed by atoms with Crippen LogP contribution in [0.4, 0.5) is 0 Å². The lowest BCUT2D eigenvalue weighted by Gasteiger charge is -2.35. The molecule has 2 rings (SSSR count). The highest BCUT2D eigenvalue weighted by molar-refractivity contribution is 8.00. The van der Waals surface area contributed by atoms with E-state index in [4.69, 9.17) is 10.8 Å². The van der Waals surface area contributed by atoms with Gasteiger partial charge >= 0.3 is 5.97 Å². The van der Waals surface area contributed by atoms with Crippen molar-refractivity contribution >= 4 is 17.7 Å². The molecule has 0 bridgehead atoms. The maximum atomic E-state index is 11.2. The highest BCUT2D eigenvalue weighted by Gasteiger charge is 2.35. The van der Waals surface area contributed by atoms with Gasteiger partial charge in [0.05, 0.1) is 4.75 Å². The number of nitrogens with two attached hydrogens (primary N) is 1. The number of rotatable bonds is 9. The van der Waals surface area contributed by atoms with Crippen LogP contribution in [-0.4, -0.2) is 22.9 Å². The van der Waals surface area contributed by atoms with Gasteiger partial charge in [0.1, 0.15) is 6.04 Å². The van der Waals surface area contributed by atoms with Gasteiger partial charge in [0.25, 0.3) is 0 Å². The molecular weight excluding hydrogens is 318 g/mol. The van der Waals surface area contributed by atoms with Crippen molar-refractivity contribution in [2.45, 2.75) is 37.0 Å². The highest BCUT2D eigenvalue weighted by Crippen LogP contribution is 2.47. The molecule has 0 aliphatic carbocycles. The molecule has 0 aliphatic heterocycles. The van der Waals surface area contributed by atoms with E-state index >= 15 is 0 Å². The summed E-state index contributed by atoms with van der Waals surface area (Å²) in [5.41, 5.74) is 8.19. The molecule has 0 saturated carbocycles. The third-order valence-corrected chi connectivity index (χ3v) is 5.88. The summed E-state index contributed by atoms with van der Waals surface area (Å²) in [5.74, 6) is -0.573. The molecule has 0 aromatic heterocycles. The Bertz CT molecular complexity index is 591. The second-order valence-corrected chi connectivity index (χ2v) is 7.24. The van der Waals surface area contributed by atoms with E-state index in [1.807, 2.05) is 36.4 Å². The van der Waals surface area contributed by atoms with Crippen molar-refractivity contribution in [1.29, 1.82) is 0 Å². The Kier molecular flexibility index (Phi) is 6.88. The number of carbonyl (C=O) groups is 1. The van der Waals surface area contributed by atoms with Crippen molar-refractivity contribution in [3.8, 4) is 0 Å². The number of unbranched alkanes of at least 4 members (excludes halogenated alkanes) is 1. The first-order chi connectivity index (χ1) is 11.6. The maximum absolute atomic E-state index is 11.2. The molecule has 3 N–H and O–H groups in total. The summed E-state index contributed by atoms with van der Waals surface area (Å²) in [7, 11) is 0. The van der Waals surface area contributed by atoms with Gasteiger partial charge in [-0.3, -0.25) is 4.79 Å². The van der Waals surface area contributed by atoms with E-state index in [2.05, 4.69) is 31.2 Å². The fourth-order valence-corrected chi connectivity index (χ4v) is 4.34. The predicted molar refractivity (Wildman–Crippen MR) is 101 cm³/mol. The van der Waals surface area contributed by atoms with Gasteiger partial charge in [-0.05, 0) is 17.5 Å².